The number of nitrogens with two attached hydrogens (primary N) is 1. The number of piperidine rings is 1. The Balaban J connectivity index is 1.77. The predicted molar refractivity (Wildman–Crippen MR) is 79.8 cm³/mol. The molecule has 2 N–H and O–H groups in total. The second kappa shape index (κ2) is 6.12. The number of ether oxygens (including phenoxy) is 1. The summed E-state index contributed by atoms with van der Waals surface area (Å²) in [5.41, 5.74) is 6.33. The van der Waals surface area contributed by atoms with Crippen LogP contribution >= 0.6 is 11.6 Å². The van der Waals surface area contributed by atoms with Gasteiger partial charge in [0.15, 0.2) is 0 Å². The molecule has 1 aromatic rings. The van der Waals surface area contributed by atoms with E-state index in [4.69, 9.17) is 22.1 Å². The average Bonchev–Trinajstić information content (AvgIpc) is 2.33. The first-order valence-electron chi connectivity index (χ1n) is 6.84. The van der Waals surface area contributed by atoms with Crippen molar-refractivity contribution in [2.24, 2.45) is 11.1 Å². The Bertz CT molecular complexity index is 422. The van der Waals surface area contributed by atoms with Crippen molar-refractivity contribution in [1.29, 1.82) is 0 Å². The van der Waals surface area contributed by atoms with Crippen molar-refractivity contribution in [3.05, 3.63) is 29.3 Å². The maximum Gasteiger partial charge on any atom is 0.120 e. The van der Waals surface area contributed by atoms with Crippen molar-refractivity contribution in [2.45, 2.75) is 26.3 Å². The van der Waals surface area contributed by atoms with Gasteiger partial charge in [0.2, 0.25) is 0 Å². The molecule has 0 bridgehead atoms. The third-order valence-electron chi connectivity index (χ3n) is 3.86. The molecule has 1 atom stereocenters. The molecule has 2 rings (SSSR count). The third-order valence-corrected chi connectivity index (χ3v) is 4.10. The number of nitrogens with zero attached hydrogens (tertiary/aromatic N) is 1. The summed E-state index contributed by atoms with van der Waals surface area (Å²) in [5, 5.41) is 0.711. The second-order valence-corrected chi connectivity index (χ2v) is 6.40. The zero-order valence-electron chi connectivity index (χ0n) is 11.7. The van der Waals surface area contributed by atoms with Gasteiger partial charge in [-0.2, -0.15) is 0 Å². The smallest absolute Gasteiger partial charge is 0.120 e. The van der Waals surface area contributed by atoms with Gasteiger partial charge < -0.3 is 10.5 Å². The van der Waals surface area contributed by atoms with E-state index >= 15 is 0 Å². The van der Waals surface area contributed by atoms with Crippen LogP contribution in [0.5, 0.6) is 5.75 Å². The quantitative estimate of drug-likeness (QED) is 0.923. The minimum absolute atomic E-state index is 0.189. The van der Waals surface area contributed by atoms with Crippen molar-refractivity contribution in [1.82, 2.24) is 4.90 Å². The first-order chi connectivity index (χ1) is 8.97. The highest BCUT2D eigenvalue weighted by molar-refractivity contribution is 6.30. The molecular weight excluding hydrogens is 260 g/mol. The van der Waals surface area contributed by atoms with Gasteiger partial charge in [0.05, 0.1) is 0 Å². The lowest BCUT2D eigenvalue weighted by molar-refractivity contribution is 0.0831. The number of benzene rings is 1. The summed E-state index contributed by atoms with van der Waals surface area (Å²) in [5.74, 6) is 0.834. The van der Waals surface area contributed by atoms with Gasteiger partial charge >= 0.3 is 0 Å². The number of halogens is 1. The standard InChI is InChI=1S/C15H23ClN2O/c1-15(2)11-18(7-6-14(15)17)8-9-19-13-5-3-4-12(16)10-13/h3-5,10,14H,6-9,11,17H2,1-2H3. The highest BCUT2D eigenvalue weighted by Gasteiger charge is 2.32. The molecule has 1 aliphatic heterocycles. The summed E-state index contributed by atoms with van der Waals surface area (Å²) in [6.45, 7) is 8.19. The van der Waals surface area contributed by atoms with Gasteiger partial charge in [-0.1, -0.05) is 31.5 Å². The van der Waals surface area contributed by atoms with Crippen LogP contribution < -0.4 is 10.5 Å². The van der Waals surface area contributed by atoms with E-state index in [1.807, 2.05) is 24.3 Å². The van der Waals surface area contributed by atoms with Gasteiger partial charge in [-0.3, -0.25) is 4.90 Å². The fraction of sp³-hybridized carbons (Fsp3) is 0.600. The van der Waals surface area contributed by atoms with Crippen LogP contribution in [-0.2, 0) is 0 Å². The first kappa shape index (κ1) is 14.6. The summed E-state index contributed by atoms with van der Waals surface area (Å²) in [6.07, 6.45) is 1.06. The van der Waals surface area contributed by atoms with Crippen LogP contribution in [0.3, 0.4) is 0 Å². The molecule has 0 saturated carbocycles. The van der Waals surface area contributed by atoms with Gasteiger partial charge in [0, 0.05) is 24.2 Å². The number of hydrogen-bond donors (Lipinski definition) is 1. The predicted octanol–water partition coefficient (Wildman–Crippen LogP) is 2.78. The van der Waals surface area contributed by atoms with Crippen molar-refractivity contribution in [3.63, 3.8) is 0 Å². The SMILES string of the molecule is CC1(C)CN(CCOc2cccc(Cl)c2)CCC1N. The summed E-state index contributed by atoms with van der Waals surface area (Å²) < 4.78 is 5.73. The first-order valence-corrected chi connectivity index (χ1v) is 7.21. The van der Waals surface area contributed by atoms with E-state index in [0.29, 0.717) is 17.7 Å². The van der Waals surface area contributed by atoms with Crippen LogP contribution in [0, 0.1) is 5.41 Å². The van der Waals surface area contributed by atoms with E-state index in [1.54, 1.807) is 0 Å². The molecule has 19 heavy (non-hydrogen) atoms. The molecule has 106 valence electrons. The molecule has 0 aliphatic carbocycles. The largest absolute Gasteiger partial charge is 0.492 e. The number of likely N-dealkylation sites (tertiary alicyclic amines) is 1. The zero-order chi connectivity index (χ0) is 13.9. The average molecular weight is 283 g/mol. The van der Waals surface area contributed by atoms with Crippen LogP contribution in [0.15, 0.2) is 24.3 Å². The number of rotatable bonds is 4. The van der Waals surface area contributed by atoms with E-state index in [-0.39, 0.29) is 5.41 Å². The van der Waals surface area contributed by atoms with Crippen molar-refractivity contribution in [3.8, 4) is 5.75 Å². The third kappa shape index (κ3) is 4.10. The van der Waals surface area contributed by atoms with E-state index in [0.717, 1.165) is 31.8 Å². The second-order valence-electron chi connectivity index (χ2n) is 5.97. The lowest BCUT2D eigenvalue weighted by Gasteiger charge is -2.42. The normalized spacial score (nSPS) is 23.3. The number of hydrogen-bond acceptors (Lipinski definition) is 3. The van der Waals surface area contributed by atoms with E-state index < -0.39 is 0 Å². The Kier molecular flexibility index (Phi) is 4.71. The van der Waals surface area contributed by atoms with Crippen molar-refractivity contribution in [2.75, 3.05) is 26.2 Å². The Morgan fingerprint density at radius 1 is 1.47 bits per heavy atom. The molecule has 3 nitrogen and oxygen atoms in total. The van der Waals surface area contributed by atoms with Gasteiger partial charge in [-0.15, -0.1) is 0 Å². The van der Waals surface area contributed by atoms with E-state index in [9.17, 15) is 0 Å². The molecular formula is C15H23ClN2O. The van der Waals surface area contributed by atoms with Crippen molar-refractivity contribution >= 4 is 11.6 Å². The topological polar surface area (TPSA) is 38.5 Å². The van der Waals surface area contributed by atoms with Gasteiger partial charge in [-0.05, 0) is 36.6 Å². The molecule has 0 radical (unpaired) electrons. The maximum atomic E-state index is 6.14. The van der Waals surface area contributed by atoms with Crippen molar-refractivity contribution < 1.29 is 4.74 Å². The molecule has 4 heteroatoms. The molecule has 0 aromatic heterocycles. The molecule has 1 aliphatic rings. The van der Waals surface area contributed by atoms with Crippen LogP contribution in [0.2, 0.25) is 5.02 Å². The Morgan fingerprint density at radius 3 is 2.95 bits per heavy atom. The summed E-state index contributed by atoms with van der Waals surface area (Å²) in [6, 6.07) is 7.83. The zero-order valence-corrected chi connectivity index (χ0v) is 12.5. The summed E-state index contributed by atoms with van der Waals surface area (Å²) >= 11 is 5.92. The Hall–Kier alpha value is -0.770. The van der Waals surface area contributed by atoms with Crippen LogP contribution in [-0.4, -0.2) is 37.2 Å². The van der Waals surface area contributed by atoms with Gasteiger partial charge in [0.25, 0.3) is 0 Å². The lowest BCUT2D eigenvalue weighted by Crippen LogP contribution is -2.53. The minimum atomic E-state index is 0.189. The van der Waals surface area contributed by atoms with Crippen LogP contribution in [0.1, 0.15) is 20.3 Å². The molecule has 0 spiro atoms. The van der Waals surface area contributed by atoms with E-state index in [1.165, 1.54) is 0 Å². The fourth-order valence-electron chi connectivity index (χ4n) is 2.53. The monoisotopic (exact) mass is 282 g/mol. The summed E-state index contributed by atoms with van der Waals surface area (Å²) in [4.78, 5) is 2.42. The highest BCUT2D eigenvalue weighted by atomic mass is 35.5. The highest BCUT2D eigenvalue weighted by Crippen LogP contribution is 2.27. The molecule has 1 unspecified atom stereocenters. The van der Waals surface area contributed by atoms with Gasteiger partial charge in [0.1, 0.15) is 12.4 Å². The summed E-state index contributed by atoms with van der Waals surface area (Å²) in [7, 11) is 0. The van der Waals surface area contributed by atoms with Gasteiger partial charge in [-0.25, -0.2) is 0 Å². The molecule has 1 aromatic carbocycles. The molecule has 1 fully saturated rings. The van der Waals surface area contributed by atoms with Crippen LogP contribution in [0.25, 0.3) is 0 Å². The Labute approximate surface area is 120 Å². The molecule has 0 amide bonds. The van der Waals surface area contributed by atoms with Crippen LogP contribution in [0.4, 0.5) is 0 Å². The molecule has 1 saturated heterocycles. The lowest BCUT2D eigenvalue weighted by atomic mass is 9.80. The maximum absolute atomic E-state index is 6.14. The fourth-order valence-corrected chi connectivity index (χ4v) is 2.71. The molecule has 1 heterocycles. The minimum Gasteiger partial charge on any atom is -0.492 e. The van der Waals surface area contributed by atoms with E-state index in [2.05, 4.69) is 18.7 Å². The Morgan fingerprint density at radius 2 is 2.26 bits per heavy atom.